The van der Waals surface area contributed by atoms with E-state index in [1.807, 2.05) is 18.2 Å². The minimum absolute atomic E-state index is 0.690. The van der Waals surface area contributed by atoms with Crippen LogP contribution in [0.15, 0.2) is 48.5 Å². The number of imidazole rings is 1. The second-order valence-electron chi connectivity index (χ2n) is 7.81. The molecular formula is C22H26N4. The zero-order chi connectivity index (χ0) is 17.3. The monoisotopic (exact) mass is 346 g/mol. The number of nitrogens with zero attached hydrogens (tertiary/aromatic N) is 2. The number of likely N-dealkylation sites (tertiary alicyclic amines) is 1. The third kappa shape index (κ3) is 3.27. The normalized spacial score (nSPS) is 21.3. The molecule has 0 bridgehead atoms. The Morgan fingerprint density at radius 2 is 1.85 bits per heavy atom. The number of aromatic amines is 1. The van der Waals surface area contributed by atoms with Crippen LogP contribution in [0.2, 0.25) is 0 Å². The van der Waals surface area contributed by atoms with Gasteiger partial charge in [0, 0.05) is 37.3 Å². The molecule has 134 valence electrons. The highest BCUT2D eigenvalue weighted by Gasteiger charge is 2.26. The zero-order valence-electron chi connectivity index (χ0n) is 15.1. The molecule has 1 atom stereocenters. The smallest absolute Gasteiger partial charge is 0.138 e. The fraction of sp³-hybridized carbons (Fsp3) is 0.409. The average Bonchev–Trinajstić information content (AvgIpc) is 3.25. The topological polar surface area (TPSA) is 44.0 Å². The number of hydrogen-bond acceptors (Lipinski definition) is 3. The molecule has 1 aliphatic carbocycles. The maximum absolute atomic E-state index is 4.69. The van der Waals surface area contributed by atoms with Crippen molar-refractivity contribution in [3.63, 3.8) is 0 Å². The molecule has 0 spiro atoms. The molecule has 5 rings (SSSR count). The Morgan fingerprint density at radius 1 is 1.00 bits per heavy atom. The lowest BCUT2D eigenvalue weighted by Crippen LogP contribution is -2.43. The van der Waals surface area contributed by atoms with Gasteiger partial charge >= 0.3 is 0 Å². The van der Waals surface area contributed by atoms with Crippen LogP contribution in [-0.2, 0) is 6.54 Å². The fourth-order valence-electron chi connectivity index (χ4n) is 4.14. The summed E-state index contributed by atoms with van der Waals surface area (Å²) >= 11 is 0. The van der Waals surface area contributed by atoms with Crippen LogP contribution in [-0.4, -0.2) is 40.0 Å². The highest BCUT2D eigenvalue weighted by atomic mass is 15.2. The Labute approximate surface area is 154 Å². The largest absolute Gasteiger partial charge is 0.338 e. The van der Waals surface area contributed by atoms with Crippen molar-refractivity contribution in [1.82, 2.24) is 20.2 Å². The van der Waals surface area contributed by atoms with E-state index in [0.717, 1.165) is 35.0 Å². The van der Waals surface area contributed by atoms with Crippen molar-refractivity contribution in [1.29, 1.82) is 0 Å². The van der Waals surface area contributed by atoms with E-state index in [1.54, 1.807) is 0 Å². The number of para-hydroxylation sites is 2. The van der Waals surface area contributed by atoms with Gasteiger partial charge in [-0.05, 0) is 37.0 Å². The van der Waals surface area contributed by atoms with Gasteiger partial charge in [-0.3, -0.25) is 4.90 Å². The highest BCUT2D eigenvalue weighted by Crippen LogP contribution is 2.23. The van der Waals surface area contributed by atoms with Crippen LogP contribution in [0, 0.1) is 0 Å². The Kier molecular flexibility index (Phi) is 4.23. The van der Waals surface area contributed by atoms with E-state index in [9.17, 15) is 0 Å². The number of H-pyrrole nitrogens is 1. The maximum Gasteiger partial charge on any atom is 0.138 e. The standard InChI is InChI=1S/C22H26N4/c1-2-7-21-20(6-1)24-22(25-21)17-10-8-16(9-11-17)14-26-13-12-19(15-26)23-18-4-3-5-18/h1-2,6-11,18-19,23H,3-5,12-15H2,(H,24,25). The lowest BCUT2D eigenvalue weighted by molar-refractivity contribution is 0.282. The van der Waals surface area contributed by atoms with Crippen LogP contribution in [0.25, 0.3) is 22.4 Å². The van der Waals surface area contributed by atoms with Crippen molar-refractivity contribution in [2.75, 3.05) is 13.1 Å². The van der Waals surface area contributed by atoms with E-state index in [0.29, 0.717) is 6.04 Å². The molecule has 1 aliphatic heterocycles. The van der Waals surface area contributed by atoms with Gasteiger partial charge in [0.1, 0.15) is 5.82 Å². The quantitative estimate of drug-likeness (QED) is 0.735. The first kappa shape index (κ1) is 16.0. The molecule has 2 N–H and O–H groups in total. The minimum atomic E-state index is 0.690. The molecule has 0 radical (unpaired) electrons. The SMILES string of the molecule is c1ccc2[nH]c(-c3ccc(CN4CCC(NC5CCC5)C4)cc3)nc2c1. The Balaban J connectivity index is 1.22. The molecule has 2 fully saturated rings. The van der Waals surface area contributed by atoms with Crippen LogP contribution in [0.4, 0.5) is 0 Å². The van der Waals surface area contributed by atoms with Crippen molar-refractivity contribution < 1.29 is 0 Å². The molecule has 4 nitrogen and oxygen atoms in total. The molecule has 0 amide bonds. The van der Waals surface area contributed by atoms with Gasteiger partial charge in [0.2, 0.25) is 0 Å². The van der Waals surface area contributed by atoms with Crippen molar-refractivity contribution in [3.05, 3.63) is 54.1 Å². The van der Waals surface area contributed by atoms with Gasteiger partial charge in [-0.1, -0.05) is 42.8 Å². The van der Waals surface area contributed by atoms with Crippen molar-refractivity contribution >= 4 is 11.0 Å². The zero-order valence-corrected chi connectivity index (χ0v) is 15.1. The van der Waals surface area contributed by atoms with Crippen LogP contribution in [0.3, 0.4) is 0 Å². The molecular weight excluding hydrogens is 320 g/mol. The van der Waals surface area contributed by atoms with E-state index < -0.39 is 0 Å². The molecule has 1 unspecified atom stereocenters. The summed E-state index contributed by atoms with van der Waals surface area (Å²) in [6.45, 7) is 3.43. The van der Waals surface area contributed by atoms with Crippen molar-refractivity contribution in [2.24, 2.45) is 0 Å². The first-order chi connectivity index (χ1) is 12.8. The molecule has 2 aliphatic rings. The van der Waals surface area contributed by atoms with E-state index in [2.05, 4.69) is 45.5 Å². The van der Waals surface area contributed by atoms with Crippen LogP contribution in [0.1, 0.15) is 31.2 Å². The molecule has 2 heterocycles. The Hall–Kier alpha value is -2.17. The van der Waals surface area contributed by atoms with E-state index in [4.69, 9.17) is 4.98 Å². The predicted molar refractivity (Wildman–Crippen MR) is 106 cm³/mol. The molecule has 26 heavy (non-hydrogen) atoms. The third-order valence-electron chi connectivity index (χ3n) is 5.87. The number of hydrogen-bond donors (Lipinski definition) is 2. The van der Waals surface area contributed by atoms with Crippen molar-refractivity contribution in [2.45, 2.75) is 44.3 Å². The van der Waals surface area contributed by atoms with Crippen LogP contribution in [0.5, 0.6) is 0 Å². The molecule has 1 saturated heterocycles. The van der Waals surface area contributed by atoms with Gasteiger partial charge in [-0.15, -0.1) is 0 Å². The van der Waals surface area contributed by atoms with E-state index in [1.165, 1.54) is 44.3 Å². The van der Waals surface area contributed by atoms with E-state index in [-0.39, 0.29) is 0 Å². The summed E-state index contributed by atoms with van der Waals surface area (Å²) in [7, 11) is 0. The summed E-state index contributed by atoms with van der Waals surface area (Å²) < 4.78 is 0. The second kappa shape index (κ2) is 6.86. The number of benzene rings is 2. The van der Waals surface area contributed by atoms with Gasteiger partial charge in [-0.25, -0.2) is 4.98 Å². The average molecular weight is 346 g/mol. The molecule has 1 aromatic heterocycles. The predicted octanol–water partition coefficient (Wildman–Crippen LogP) is 3.95. The summed E-state index contributed by atoms with van der Waals surface area (Å²) in [6.07, 6.45) is 5.44. The number of aromatic nitrogens is 2. The summed E-state index contributed by atoms with van der Waals surface area (Å²) in [5, 5.41) is 3.82. The number of fused-ring (bicyclic) bond motifs is 1. The highest BCUT2D eigenvalue weighted by molar-refractivity contribution is 5.79. The second-order valence-corrected chi connectivity index (χ2v) is 7.81. The van der Waals surface area contributed by atoms with Gasteiger partial charge in [-0.2, -0.15) is 0 Å². The molecule has 4 heteroatoms. The number of rotatable bonds is 5. The first-order valence-electron chi connectivity index (χ1n) is 9.86. The molecule has 1 saturated carbocycles. The van der Waals surface area contributed by atoms with Gasteiger partial charge in [0.25, 0.3) is 0 Å². The van der Waals surface area contributed by atoms with Crippen molar-refractivity contribution in [3.8, 4) is 11.4 Å². The first-order valence-corrected chi connectivity index (χ1v) is 9.86. The maximum atomic E-state index is 4.69. The Bertz CT molecular complexity index is 846. The lowest BCUT2D eigenvalue weighted by Gasteiger charge is -2.30. The Morgan fingerprint density at radius 3 is 2.62 bits per heavy atom. The summed E-state index contributed by atoms with van der Waals surface area (Å²) in [5.74, 6) is 0.948. The molecule has 2 aromatic carbocycles. The minimum Gasteiger partial charge on any atom is -0.338 e. The molecule has 3 aromatic rings. The summed E-state index contributed by atoms with van der Waals surface area (Å²) in [6, 6.07) is 18.5. The van der Waals surface area contributed by atoms with E-state index >= 15 is 0 Å². The number of nitrogens with one attached hydrogen (secondary N) is 2. The summed E-state index contributed by atoms with van der Waals surface area (Å²) in [5.41, 5.74) is 4.65. The van der Waals surface area contributed by atoms with Crippen LogP contribution < -0.4 is 5.32 Å². The summed E-state index contributed by atoms with van der Waals surface area (Å²) in [4.78, 5) is 10.7. The van der Waals surface area contributed by atoms with Gasteiger partial charge in [0.05, 0.1) is 11.0 Å². The third-order valence-corrected chi connectivity index (χ3v) is 5.87. The van der Waals surface area contributed by atoms with Gasteiger partial charge in [0.15, 0.2) is 0 Å². The lowest BCUT2D eigenvalue weighted by atomic mass is 9.92. The van der Waals surface area contributed by atoms with Gasteiger partial charge < -0.3 is 10.3 Å². The van der Waals surface area contributed by atoms with Crippen LogP contribution >= 0.6 is 0 Å². The fourth-order valence-corrected chi connectivity index (χ4v) is 4.14.